The second-order valence-corrected chi connectivity index (χ2v) is 6.28. The van der Waals surface area contributed by atoms with Crippen molar-refractivity contribution < 1.29 is 23.8 Å². The molecule has 138 valence electrons. The Kier molecular flexibility index (Phi) is 7.21. The molecule has 0 unspecified atom stereocenters. The van der Waals surface area contributed by atoms with Crippen LogP contribution in [0.2, 0.25) is 0 Å². The zero-order valence-electron chi connectivity index (χ0n) is 15.4. The Morgan fingerprint density at radius 3 is 2.04 bits per heavy atom. The van der Waals surface area contributed by atoms with Crippen LogP contribution in [0.25, 0.3) is 0 Å². The molecular weight excluding hydrogens is 332 g/mol. The van der Waals surface area contributed by atoms with Crippen LogP contribution in [0.5, 0.6) is 11.5 Å². The summed E-state index contributed by atoms with van der Waals surface area (Å²) < 4.78 is 15.7. The van der Waals surface area contributed by atoms with Crippen LogP contribution in [0.4, 0.5) is 0 Å². The van der Waals surface area contributed by atoms with E-state index in [-0.39, 0.29) is 11.1 Å². The van der Waals surface area contributed by atoms with Gasteiger partial charge in [0.1, 0.15) is 11.5 Å². The molecule has 0 amide bonds. The van der Waals surface area contributed by atoms with Crippen LogP contribution in [0.3, 0.4) is 0 Å². The maximum atomic E-state index is 12.5. The van der Waals surface area contributed by atoms with Crippen molar-refractivity contribution in [2.45, 2.75) is 26.7 Å². The topological polar surface area (TPSA) is 61.8 Å². The summed E-state index contributed by atoms with van der Waals surface area (Å²) in [6.45, 7) is 4.57. The number of hydrogen-bond acceptors (Lipinski definition) is 5. The van der Waals surface area contributed by atoms with Gasteiger partial charge < -0.3 is 14.2 Å². The summed E-state index contributed by atoms with van der Waals surface area (Å²) in [4.78, 5) is 24.8. The number of esters is 2. The second-order valence-electron chi connectivity index (χ2n) is 6.28. The molecule has 2 aromatic carbocycles. The molecule has 0 aromatic heterocycles. The Balaban J connectivity index is 2.04. The van der Waals surface area contributed by atoms with E-state index >= 15 is 0 Å². The van der Waals surface area contributed by atoms with Crippen molar-refractivity contribution in [3.63, 3.8) is 0 Å². The van der Waals surface area contributed by atoms with Gasteiger partial charge in [0.25, 0.3) is 0 Å². The molecule has 0 spiro atoms. The third-order valence-corrected chi connectivity index (χ3v) is 3.80. The summed E-state index contributed by atoms with van der Waals surface area (Å²) in [6, 6.07) is 13.1. The van der Waals surface area contributed by atoms with Gasteiger partial charge in [-0.1, -0.05) is 26.0 Å². The van der Waals surface area contributed by atoms with Crippen molar-refractivity contribution >= 4 is 11.9 Å². The maximum Gasteiger partial charge on any atom is 0.344 e. The fourth-order valence-corrected chi connectivity index (χ4v) is 2.38. The summed E-state index contributed by atoms with van der Waals surface area (Å²) in [6.07, 6.45) is 1.77. The number of methoxy groups -OCH3 is 1. The van der Waals surface area contributed by atoms with E-state index in [1.165, 1.54) is 0 Å². The highest BCUT2D eigenvalue weighted by molar-refractivity contribution is 6.03. The Hall–Kier alpha value is -2.82. The lowest BCUT2D eigenvalue weighted by Gasteiger charge is -2.10. The average molecular weight is 356 g/mol. The fourth-order valence-electron chi connectivity index (χ4n) is 2.38. The van der Waals surface area contributed by atoms with E-state index in [0.717, 1.165) is 12.8 Å². The maximum absolute atomic E-state index is 12.5. The minimum Gasteiger partial charge on any atom is -0.497 e. The normalized spacial score (nSPS) is 10.5. The van der Waals surface area contributed by atoms with Gasteiger partial charge in [-0.25, -0.2) is 9.59 Å². The Bertz CT molecular complexity index is 734. The second kappa shape index (κ2) is 9.61. The van der Waals surface area contributed by atoms with Gasteiger partial charge in [0, 0.05) is 0 Å². The number of hydrogen-bond donors (Lipinski definition) is 0. The minimum atomic E-state index is -0.607. The Labute approximate surface area is 153 Å². The molecular formula is C21H24O5. The highest BCUT2D eigenvalue weighted by Crippen LogP contribution is 2.19. The summed E-state index contributed by atoms with van der Waals surface area (Å²) in [7, 11) is 1.56. The number of carbonyl (C=O) groups excluding carboxylic acids is 2. The van der Waals surface area contributed by atoms with Gasteiger partial charge in [-0.3, -0.25) is 0 Å². The van der Waals surface area contributed by atoms with Crippen molar-refractivity contribution in [3.05, 3.63) is 59.7 Å². The van der Waals surface area contributed by atoms with Crippen molar-refractivity contribution in [3.8, 4) is 11.5 Å². The molecule has 0 heterocycles. The third kappa shape index (κ3) is 5.62. The van der Waals surface area contributed by atoms with Crippen LogP contribution >= 0.6 is 0 Å². The van der Waals surface area contributed by atoms with E-state index in [2.05, 4.69) is 13.8 Å². The summed E-state index contributed by atoms with van der Waals surface area (Å²) >= 11 is 0. The summed E-state index contributed by atoms with van der Waals surface area (Å²) in [5.41, 5.74) is 0.382. The first-order valence-electron chi connectivity index (χ1n) is 8.63. The third-order valence-electron chi connectivity index (χ3n) is 3.80. The van der Waals surface area contributed by atoms with E-state index in [4.69, 9.17) is 14.2 Å². The molecule has 0 aliphatic carbocycles. The van der Waals surface area contributed by atoms with Crippen LogP contribution in [0.1, 0.15) is 47.4 Å². The Morgan fingerprint density at radius 1 is 0.885 bits per heavy atom. The van der Waals surface area contributed by atoms with Gasteiger partial charge >= 0.3 is 11.9 Å². The number of ether oxygens (including phenoxy) is 3. The quantitative estimate of drug-likeness (QED) is 0.396. The van der Waals surface area contributed by atoms with Gasteiger partial charge in [0.2, 0.25) is 0 Å². The van der Waals surface area contributed by atoms with Crippen LogP contribution in [-0.2, 0) is 4.74 Å². The molecule has 0 radical (unpaired) electrons. The molecule has 26 heavy (non-hydrogen) atoms. The van der Waals surface area contributed by atoms with Gasteiger partial charge in [-0.2, -0.15) is 0 Å². The van der Waals surface area contributed by atoms with Crippen molar-refractivity contribution in [1.82, 2.24) is 0 Å². The summed E-state index contributed by atoms with van der Waals surface area (Å²) in [5, 5.41) is 0. The van der Waals surface area contributed by atoms with Crippen molar-refractivity contribution in [1.29, 1.82) is 0 Å². The number of benzene rings is 2. The molecule has 5 nitrogen and oxygen atoms in total. The largest absolute Gasteiger partial charge is 0.497 e. The molecule has 0 bridgehead atoms. The molecule has 0 saturated heterocycles. The first-order valence-corrected chi connectivity index (χ1v) is 8.63. The average Bonchev–Trinajstić information content (AvgIpc) is 2.65. The monoisotopic (exact) mass is 356 g/mol. The van der Waals surface area contributed by atoms with E-state index in [1.807, 2.05) is 0 Å². The van der Waals surface area contributed by atoms with Crippen LogP contribution < -0.4 is 9.47 Å². The van der Waals surface area contributed by atoms with Gasteiger partial charge in [-0.05, 0) is 55.2 Å². The molecule has 0 fully saturated rings. The first kappa shape index (κ1) is 19.5. The minimum absolute atomic E-state index is 0.178. The van der Waals surface area contributed by atoms with E-state index in [1.54, 1.807) is 55.6 Å². The standard InChI is InChI=1S/C21H24O5/c1-15(2)7-6-14-25-20(22)18-8-4-5-9-19(18)21(23)26-17-12-10-16(24-3)11-13-17/h4-5,8-13,15H,6-7,14H2,1-3H3. The molecule has 2 rings (SSSR count). The van der Waals surface area contributed by atoms with Gasteiger partial charge in [0.05, 0.1) is 24.8 Å². The molecule has 0 saturated carbocycles. The predicted octanol–water partition coefficient (Wildman–Crippen LogP) is 4.51. The first-order chi connectivity index (χ1) is 12.5. The number of rotatable bonds is 8. The molecule has 0 atom stereocenters. The van der Waals surface area contributed by atoms with Gasteiger partial charge in [-0.15, -0.1) is 0 Å². The predicted molar refractivity (Wildman–Crippen MR) is 98.7 cm³/mol. The molecule has 2 aromatic rings. The fraction of sp³-hybridized carbons (Fsp3) is 0.333. The van der Waals surface area contributed by atoms with Gasteiger partial charge in [0.15, 0.2) is 0 Å². The zero-order valence-corrected chi connectivity index (χ0v) is 15.4. The van der Waals surface area contributed by atoms with Crippen LogP contribution in [0.15, 0.2) is 48.5 Å². The summed E-state index contributed by atoms with van der Waals surface area (Å²) in [5.74, 6) is 0.465. The van der Waals surface area contributed by atoms with E-state index in [0.29, 0.717) is 24.0 Å². The van der Waals surface area contributed by atoms with Crippen molar-refractivity contribution in [2.24, 2.45) is 5.92 Å². The molecule has 0 aliphatic heterocycles. The Morgan fingerprint density at radius 2 is 1.46 bits per heavy atom. The van der Waals surface area contributed by atoms with E-state index < -0.39 is 11.9 Å². The molecule has 0 N–H and O–H groups in total. The lowest BCUT2D eigenvalue weighted by Crippen LogP contribution is -2.16. The lowest BCUT2D eigenvalue weighted by molar-refractivity contribution is 0.0486. The van der Waals surface area contributed by atoms with Crippen LogP contribution in [0, 0.1) is 5.92 Å². The van der Waals surface area contributed by atoms with Crippen molar-refractivity contribution in [2.75, 3.05) is 13.7 Å². The SMILES string of the molecule is COc1ccc(OC(=O)c2ccccc2C(=O)OCCCC(C)C)cc1. The molecule has 5 heteroatoms. The van der Waals surface area contributed by atoms with Crippen LogP contribution in [-0.4, -0.2) is 25.7 Å². The highest BCUT2D eigenvalue weighted by atomic mass is 16.5. The molecule has 0 aliphatic rings. The highest BCUT2D eigenvalue weighted by Gasteiger charge is 2.19. The lowest BCUT2D eigenvalue weighted by atomic mass is 10.1. The number of carbonyl (C=O) groups is 2. The smallest absolute Gasteiger partial charge is 0.344 e. The van der Waals surface area contributed by atoms with E-state index in [9.17, 15) is 9.59 Å². The zero-order chi connectivity index (χ0) is 18.9.